The van der Waals surface area contributed by atoms with Crippen molar-refractivity contribution < 1.29 is 14.9 Å². The summed E-state index contributed by atoms with van der Waals surface area (Å²) in [5, 5.41) is 18.9. The Balaban J connectivity index is 2.42. The fourth-order valence-electron chi connectivity index (χ4n) is 2.36. The predicted molar refractivity (Wildman–Crippen MR) is 81.4 cm³/mol. The van der Waals surface area contributed by atoms with Gasteiger partial charge < -0.3 is 14.9 Å². The minimum absolute atomic E-state index is 0.175. The van der Waals surface area contributed by atoms with Gasteiger partial charge in [-0.05, 0) is 19.4 Å². The van der Waals surface area contributed by atoms with Gasteiger partial charge in [0.1, 0.15) is 12.3 Å². The maximum Gasteiger partial charge on any atom is 0.330 e. The lowest BCUT2D eigenvalue weighted by atomic mass is 10.1. The van der Waals surface area contributed by atoms with Gasteiger partial charge in [0.05, 0.1) is 18.3 Å². The Morgan fingerprint density at radius 3 is 2.86 bits per heavy atom. The van der Waals surface area contributed by atoms with E-state index in [4.69, 9.17) is 9.84 Å². The van der Waals surface area contributed by atoms with Crippen molar-refractivity contribution in [1.82, 2.24) is 9.55 Å². The second-order valence-electron chi connectivity index (χ2n) is 5.20. The van der Waals surface area contributed by atoms with Crippen LogP contribution >= 0.6 is 0 Å². The minimum Gasteiger partial charge on any atom is -0.394 e. The number of nitrogens with one attached hydrogen (secondary N) is 1. The molecule has 0 unspecified atom stereocenters. The highest BCUT2D eigenvalue weighted by atomic mass is 16.5. The number of aliphatic hydroxyl groups is 2. The molecule has 1 aliphatic heterocycles. The molecule has 1 fully saturated rings. The molecule has 2 heterocycles. The van der Waals surface area contributed by atoms with E-state index in [2.05, 4.69) is 4.98 Å². The van der Waals surface area contributed by atoms with Crippen molar-refractivity contribution in [1.29, 1.82) is 0 Å². The number of aromatic amines is 1. The maximum atomic E-state index is 12.0. The molecular formula is C15H20N2O5. The lowest BCUT2D eigenvalue weighted by molar-refractivity contribution is -0.0459. The maximum absolute atomic E-state index is 12.0. The first kappa shape index (κ1) is 16.4. The summed E-state index contributed by atoms with van der Waals surface area (Å²) in [6, 6.07) is 0. The highest BCUT2D eigenvalue weighted by Gasteiger charge is 2.35. The second-order valence-corrected chi connectivity index (χ2v) is 5.20. The van der Waals surface area contributed by atoms with E-state index < -0.39 is 29.7 Å². The van der Waals surface area contributed by atoms with Crippen LogP contribution in [0.5, 0.6) is 0 Å². The lowest BCUT2D eigenvalue weighted by Crippen LogP contribution is -2.34. The van der Waals surface area contributed by atoms with Crippen molar-refractivity contribution in [2.75, 3.05) is 6.61 Å². The Bertz CT molecular complexity index is 701. The Morgan fingerprint density at radius 2 is 2.27 bits per heavy atom. The van der Waals surface area contributed by atoms with E-state index >= 15 is 0 Å². The molecule has 0 radical (unpaired) electrons. The number of H-pyrrole nitrogens is 1. The van der Waals surface area contributed by atoms with Crippen molar-refractivity contribution in [2.24, 2.45) is 0 Å². The van der Waals surface area contributed by atoms with Crippen LogP contribution < -0.4 is 11.2 Å². The molecular weight excluding hydrogens is 288 g/mol. The van der Waals surface area contributed by atoms with Crippen LogP contribution in [-0.2, 0) is 4.74 Å². The summed E-state index contributed by atoms with van der Waals surface area (Å²) in [5.41, 5.74) is -0.0336. The fourth-order valence-corrected chi connectivity index (χ4v) is 2.36. The molecule has 0 spiro atoms. The van der Waals surface area contributed by atoms with Crippen LogP contribution in [0.15, 0.2) is 34.0 Å². The Labute approximate surface area is 127 Å². The van der Waals surface area contributed by atoms with Crippen LogP contribution in [0.4, 0.5) is 0 Å². The van der Waals surface area contributed by atoms with E-state index in [1.807, 2.05) is 13.0 Å². The van der Waals surface area contributed by atoms with Gasteiger partial charge in [0.15, 0.2) is 0 Å². The molecule has 1 aromatic heterocycles. The van der Waals surface area contributed by atoms with Gasteiger partial charge in [0.25, 0.3) is 5.56 Å². The van der Waals surface area contributed by atoms with Gasteiger partial charge >= 0.3 is 5.69 Å². The topological polar surface area (TPSA) is 105 Å². The summed E-state index contributed by atoms with van der Waals surface area (Å²) < 4.78 is 6.69. The molecule has 120 valence electrons. The highest BCUT2D eigenvalue weighted by Crippen LogP contribution is 2.27. The van der Waals surface area contributed by atoms with Crippen molar-refractivity contribution in [3.8, 4) is 0 Å². The summed E-state index contributed by atoms with van der Waals surface area (Å²) in [4.78, 5) is 26.2. The molecule has 0 amide bonds. The number of rotatable bonds is 4. The SMILES string of the molecule is C/C=C\C=C(/C)c1cn([C@H]2C[C@H](O)[C@@H](CO)O2)c(=O)[nH]c1=O. The summed E-state index contributed by atoms with van der Waals surface area (Å²) in [6.45, 7) is 3.29. The van der Waals surface area contributed by atoms with Crippen LogP contribution in [0.25, 0.3) is 5.57 Å². The molecule has 3 atom stereocenters. The smallest absolute Gasteiger partial charge is 0.330 e. The van der Waals surface area contributed by atoms with Crippen molar-refractivity contribution in [2.45, 2.75) is 38.7 Å². The standard InChI is InChI=1S/C15H20N2O5/c1-3-4-5-9(2)10-7-17(15(21)16-14(10)20)13-6-11(19)12(8-18)22-13/h3-5,7,11-13,18-19H,6,8H2,1-2H3,(H,16,20,21)/b4-3-,9-5+/t11-,12+,13+/m0/s1. The number of hydrogen-bond acceptors (Lipinski definition) is 5. The third-order valence-electron chi connectivity index (χ3n) is 3.63. The average molecular weight is 308 g/mol. The molecule has 0 aromatic carbocycles. The summed E-state index contributed by atoms with van der Waals surface area (Å²) >= 11 is 0. The highest BCUT2D eigenvalue weighted by molar-refractivity contribution is 5.63. The van der Waals surface area contributed by atoms with E-state index in [1.54, 1.807) is 19.1 Å². The summed E-state index contributed by atoms with van der Waals surface area (Å²) in [5.74, 6) is 0. The Hall–Kier alpha value is -1.96. The van der Waals surface area contributed by atoms with E-state index in [9.17, 15) is 14.7 Å². The molecule has 1 aromatic rings. The Morgan fingerprint density at radius 1 is 1.55 bits per heavy atom. The lowest BCUT2D eigenvalue weighted by Gasteiger charge is -2.15. The normalized spacial score (nSPS) is 26.0. The zero-order valence-corrected chi connectivity index (χ0v) is 12.5. The van der Waals surface area contributed by atoms with Crippen LogP contribution in [0.2, 0.25) is 0 Å². The predicted octanol–water partition coefficient (Wildman–Crippen LogP) is 0.157. The molecule has 2 rings (SSSR count). The van der Waals surface area contributed by atoms with Gasteiger partial charge in [-0.1, -0.05) is 18.2 Å². The Kier molecular flexibility index (Phi) is 5.12. The number of nitrogens with zero attached hydrogens (tertiary/aromatic N) is 1. The number of allylic oxidation sites excluding steroid dienone is 4. The number of hydrogen-bond donors (Lipinski definition) is 3. The van der Waals surface area contributed by atoms with Gasteiger partial charge in [0, 0.05) is 12.6 Å². The van der Waals surface area contributed by atoms with Crippen LogP contribution in [0.1, 0.15) is 32.1 Å². The van der Waals surface area contributed by atoms with E-state index in [-0.39, 0.29) is 13.0 Å². The van der Waals surface area contributed by atoms with Gasteiger partial charge in [-0.2, -0.15) is 0 Å². The minimum atomic E-state index is -0.850. The molecule has 1 saturated heterocycles. The first-order valence-electron chi connectivity index (χ1n) is 7.07. The van der Waals surface area contributed by atoms with Crippen LogP contribution in [0, 0.1) is 0 Å². The van der Waals surface area contributed by atoms with Gasteiger partial charge in [0.2, 0.25) is 0 Å². The van der Waals surface area contributed by atoms with Crippen molar-refractivity contribution in [3.05, 3.63) is 50.8 Å². The first-order valence-corrected chi connectivity index (χ1v) is 7.07. The zero-order chi connectivity index (χ0) is 16.3. The molecule has 3 N–H and O–H groups in total. The second kappa shape index (κ2) is 6.87. The first-order chi connectivity index (χ1) is 10.5. The molecule has 0 saturated carbocycles. The van der Waals surface area contributed by atoms with Gasteiger partial charge in [-0.25, -0.2) is 4.79 Å². The number of aliphatic hydroxyl groups excluding tert-OH is 2. The zero-order valence-electron chi connectivity index (χ0n) is 12.5. The monoisotopic (exact) mass is 308 g/mol. The van der Waals surface area contributed by atoms with E-state index in [0.29, 0.717) is 11.1 Å². The van der Waals surface area contributed by atoms with Gasteiger partial charge in [-0.3, -0.25) is 14.3 Å². The van der Waals surface area contributed by atoms with E-state index in [1.165, 1.54) is 10.8 Å². The van der Waals surface area contributed by atoms with Crippen LogP contribution in [-0.4, -0.2) is 38.6 Å². The molecule has 0 aliphatic carbocycles. The quantitative estimate of drug-likeness (QED) is 0.687. The molecule has 7 nitrogen and oxygen atoms in total. The van der Waals surface area contributed by atoms with Gasteiger partial charge in [-0.15, -0.1) is 0 Å². The van der Waals surface area contributed by atoms with Crippen molar-refractivity contribution in [3.63, 3.8) is 0 Å². The molecule has 7 heteroatoms. The number of ether oxygens (including phenoxy) is 1. The van der Waals surface area contributed by atoms with E-state index in [0.717, 1.165) is 0 Å². The number of aromatic nitrogens is 2. The summed E-state index contributed by atoms with van der Waals surface area (Å²) in [6.07, 6.45) is 4.69. The largest absolute Gasteiger partial charge is 0.394 e. The molecule has 0 bridgehead atoms. The summed E-state index contributed by atoms with van der Waals surface area (Å²) in [7, 11) is 0. The average Bonchev–Trinajstić information content (AvgIpc) is 2.85. The third-order valence-corrected chi connectivity index (χ3v) is 3.63. The third kappa shape index (κ3) is 3.27. The van der Waals surface area contributed by atoms with Crippen molar-refractivity contribution >= 4 is 5.57 Å². The molecule has 22 heavy (non-hydrogen) atoms. The van der Waals surface area contributed by atoms with Crippen LogP contribution in [0.3, 0.4) is 0 Å². The molecule has 1 aliphatic rings. The fraction of sp³-hybridized carbons (Fsp3) is 0.467.